The molecule has 0 aliphatic rings. The van der Waals surface area contributed by atoms with Crippen molar-refractivity contribution in [2.75, 3.05) is 26.1 Å². The highest BCUT2D eigenvalue weighted by atomic mass is 16.5. The number of nitrogens with zero attached hydrogens (tertiary/aromatic N) is 4. The van der Waals surface area contributed by atoms with Crippen molar-refractivity contribution in [2.24, 2.45) is 0 Å². The molecule has 0 aliphatic heterocycles. The van der Waals surface area contributed by atoms with Crippen molar-refractivity contribution in [3.63, 3.8) is 0 Å². The smallest absolute Gasteiger partial charge is 0.321 e. The van der Waals surface area contributed by atoms with Crippen molar-refractivity contribution in [2.45, 2.75) is 6.92 Å². The van der Waals surface area contributed by atoms with E-state index in [0.717, 1.165) is 22.2 Å². The maximum atomic E-state index is 11.9. The van der Waals surface area contributed by atoms with Gasteiger partial charge >= 0.3 is 12.0 Å². The van der Waals surface area contributed by atoms with E-state index in [4.69, 9.17) is 9.47 Å². The maximum Gasteiger partial charge on any atom is 0.321 e. The van der Waals surface area contributed by atoms with Gasteiger partial charge in [0.05, 0.1) is 30.9 Å². The number of hydrogen-bond donors (Lipinski definition) is 3. The minimum Gasteiger partial charge on any atom is -0.497 e. The molecular formula is C21H21N7O3. The summed E-state index contributed by atoms with van der Waals surface area (Å²) in [6.45, 7) is 2.35. The molecule has 3 N–H and O–H groups in total. The monoisotopic (exact) mass is 419 g/mol. The first kappa shape index (κ1) is 20.1. The van der Waals surface area contributed by atoms with Crippen molar-refractivity contribution in [1.82, 2.24) is 30.2 Å². The Morgan fingerprint density at radius 2 is 1.87 bits per heavy atom. The van der Waals surface area contributed by atoms with E-state index in [0.29, 0.717) is 29.5 Å². The molecule has 0 atom stereocenters. The van der Waals surface area contributed by atoms with Gasteiger partial charge in [0.15, 0.2) is 0 Å². The molecule has 10 heteroatoms. The fourth-order valence-corrected chi connectivity index (χ4v) is 3.11. The van der Waals surface area contributed by atoms with Crippen LogP contribution in [0.3, 0.4) is 0 Å². The van der Waals surface area contributed by atoms with E-state index in [-0.39, 0.29) is 12.0 Å². The van der Waals surface area contributed by atoms with Crippen molar-refractivity contribution >= 4 is 23.0 Å². The summed E-state index contributed by atoms with van der Waals surface area (Å²) in [4.78, 5) is 32.5. The van der Waals surface area contributed by atoms with Crippen LogP contribution in [0.2, 0.25) is 0 Å². The van der Waals surface area contributed by atoms with Gasteiger partial charge in [0.25, 0.3) is 0 Å². The van der Waals surface area contributed by atoms with Gasteiger partial charge < -0.3 is 19.8 Å². The lowest BCUT2D eigenvalue weighted by atomic mass is 10.0. The number of aromatic nitrogens is 5. The van der Waals surface area contributed by atoms with Crippen LogP contribution in [0.1, 0.15) is 6.92 Å². The molecule has 158 valence electrons. The van der Waals surface area contributed by atoms with Crippen LogP contribution in [0.5, 0.6) is 11.8 Å². The molecule has 1 aromatic carbocycles. The number of aromatic amines is 1. The van der Waals surface area contributed by atoms with Gasteiger partial charge in [-0.25, -0.2) is 19.7 Å². The standard InChI is InChI=1S/C21H21N7O3/c1-4-22-20(29)28-19-26-17-8-12(13-10-24-21(31-3)25-11-13)7-15(18(17)27-19)16-9-14(30-2)5-6-23-16/h5-11H,4H2,1-3H3,(H3,22,26,27,28,29). The number of rotatable bonds is 6. The van der Waals surface area contributed by atoms with E-state index < -0.39 is 0 Å². The minimum absolute atomic E-state index is 0.285. The molecule has 4 rings (SSSR count). The molecular weight excluding hydrogens is 398 g/mol. The maximum absolute atomic E-state index is 11.9. The van der Waals surface area contributed by atoms with E-state index in [1.165, 1.54) is 7.11 Å². The lowest BCUT2D eigenvalue weighted by Crippen LogP contribution is -2.28. The molecule has 3 aromatic heterocycles. The van der Waals surface area contributed by atoms with Crippen LogP contribution < -0.4 is 20.1 Å². The fourth-order valence-electron chi connectivity index (χ4n) is 3.11. The molecule has 0 saturated heterocycles. The average Bonchev–Trinajstić information content (AvgIpc) is 3.20. The van der Waals surface area contributed by atoms with Gasteiger partial charge in [0.1, 0.15) is 5.75 Å². The zero-order chi connectivity index (χ0) is 21.8. The first-order valence-corrected chi connectivity index (χ1v) is 9.56. The zero-order valence-corrected chi connectivity index (χ0v) is 17.3. The number of carbonyl (C=O) groups is 1. The molecule has 0 unspecified atom stereocenters. The van der Waals surface area contributed by atoms with Gasteiger partial charge in [0.2, 0.25) is 5.95 Å². The van der Waals surface area contributed by atoms with E-state index in [1.54, 1.807) is 31.8 Å². The quantitative estimate of drug-likeness (QED) is 0.438. The number of amides is 2. The number of fused-ring (bicyclic) bond motifs is 1. The van der Waals surface area contributed by atoms with Crippen molar-refractivity contribution in [3.8, 4) is 34.1 Å². The Kier molecular flexibility index (Phi) is 5.61. The number of anilines is 1. The fraction of sp³-hybridized carbons (Fsp3) is 0.190. The third kappa shape index (κ3) is 4.22. The summed E-state index contributed by atoms with van der Waals surface area (Å²) in [5.74, 6) is 1.00. The largest absolute Gasteiger partial charge is 0.497 e. The molecule has 3 heterocycles. The molecule has 2 amide bonds. The number of urea groups is 1. The molecule has 0 aliphatic carbocycles. The number of benzene rings is 1. The molecule has 0 radical (unpaired) electrons. The van der Waals surface area contributed by atoms with E-state index >= 15 is 0 Å². The summed E-state index contributed by atoms with van der Waals surface area (Å²) >= 11 is 0. The van der Waals surface area contributed by atoms with Crippen LogP contribution in [-0.4, -0.2) is 51.7 Å². The third-order valence-corrected chi connectivity index (χ3v) is 4.55. The van der Waals surface area contributed by atoms with Crippen molar-refractivity contribution < 1.29 is 14.3 Å². The highest BCUT2D eigenvalue weighted by molar-refractivity contribution is 5.98. The first-order chi connectivity index (χ1) is 15.1. The lowest BCUT2D eigenvalue weighted by molar-refractivity contribution is 0.252. The summed E-state index contributed by atoms with van der Waals surface area (Å²) in [5, 5.41) is 5.39. The van der Waals surface area contributed by atoms with Crippen LogP contribution in [0.15, 0.2) is 42.9 Å². The molecule has 31 heavy (non-hydrogen) atoms. The second-order valence-electron chi connectivity index (χ2n) is 6.53. The Labute approximate surface area is 178 Å². The van der Waals surface area contributed by atoms with Crippen molar-refractivity contribution in [3.05, 3.63) is 42.9 Å². The van der Waals surface area contributed by atoms with Crippen LogP contribution in [0.4, 0.5) is 10.7 Å². The molecule has 0 saturated carbocycles. The Morgan fingerprint density at radius 3 is 2.58 bits per heavy atom. The number of methoxy groups -OCH3 is 2. The van der Waals surface area contributed by atoms with Gasteiger partial charge in [-0.15, -0.1) is 0 Å². The van der Waals surface area contributed by atoms with E-state index in [9.17, 15) is 4.79 Å². The lowest BCUT2D eigenvalue weighted by Gasteiger charge is -2.08. The van der Waals surface area contributed by atoms with E-state index in [2.05, 4.69) is 35.6 Å². The second-order valence-corrected chi connectivity index (χ2v) is 6.53. The summed E-state index contributed by atoms with van der Waals surface area (Å²) in [5.41, 5.74) is 4.48. The third-order valence-electron chi connectivity index (χ3n) is 4.55. The predicted molar refractivity (Wildman–Crippen MR) is 116 cm³/mol. The van der Waals surface area contributed by atoms with Gasteiger partial charge in [-0.2, -0.15) is 0 Å². The van der Waals surface area contributed by atoms with Crippen LogP contribution in [0, 0.1) is 0 Å². The van der Waals surface area contributed by atoms with Gasteiger partial charge in [-0.1, -0.05) is 0 Å². The van der Waals surface area contributed by atoms with Gasteiger partial charge in [-0.05, 0) is 30.7 Å². The van der Waals surface area contributed by atoms with Crippen LogP contribution >= 0.6 is 0 Å². The van der Waals surface area contributed by atoms with Crippen molar-refractivity contribution in [1.29, 1.82) is 0 Å². The topological polar surface area (TPSA) is 127 Å². The Balaban J connectivity index is 1.86. The number of pyridine rings is 1. The Hall–Kier alpha value is -4.21. The second kappa shape index (κ2) is 8.66. The SMILES string of the molecule is CCNC(=O)Nc1nc2cc(-c3cnc(OC)nc3)cc(-c3cc(OC)ccn3)c2[nH]1. The Morgan fingerprint density at radius 1 is 1.06 bits per heavy atom. The molecule has 4 aromatic rings. The highest BCUT2D eigenvalue weighted by Gasteiger charge is 2.15. The summed E-state index contributed by atoms with van der Waals surface area (Å²) in [7, 11) is 3.12. The average molecular weight is 419 g/mol. The number of H-pyrrole nitrogens is 1. The molecule has 0 fully saturated rings. The minimum atomic E-state index is -0.341. The van der Waals surface area contributed by atoms with Gasteiger partial charge in [0, 0.05) is 42.3 Å². The normalized spacial score (nSPS) is 10.7. The number of imidazole rings is 1. The summed E-state index contributed by atoms with van der Waals surface area (Å²) in [6.07, 6.45) is 5.03. The highest BCUT2D eigenvalue weighted by Crippen LogP contribution is 2.34. The first-order valence-electron chi connectivity index (χ1n) is 9.56. The number of nitrogens with one attached hydrogen (secondary N) is 3. The van der Waals surface area contributed by atoms with Gasteiger partial charge in [-0.3, -0.25) is 10.3 Å². The van der Waals surface area contributed by atoms with E-state index in [1.807, 2.05) is 25.1 Å². The zero-order valence-electron chi connectivity index (χ0n) is 17.3. The number of ether oxygens (including phenoxy) is 2. The number of hydrogen-bond acceptors (Lipinski definition) is 7. The van der Waals surface area contributed by atoms with Crippen LogP contribution in [-0.2, 0) is 0 Å². The predicted octanol–water partition coefficient (Wildman–Crippen LogP) is 3.24. The Bertz CT molecular complexity index is 1220. The molecule has 0 spiro atoms. The molecule has 10 nitrogen and oxygen atoms in total. The van der Waals surface area contributed by atoms with Crippen LogP contribution in [0.25, 0.3) is 33.4 Å². The number of carbonyl (C=O) groups excluding carboxylic acids is 1. The summed E-state index contributed by atoms with van der Waals surface area (Å²) < 4.78 is 10.4. The summed E-state index contributed by atoms with van der Waals surface area (Å²) in [6, 6.07) is 7.41. The molecule has 0 bridgehead atoms.